The molecule has 2 aromatic heterocycles. The number of hydrogen-bond acceptors (Lipinski definition) is 3. The van der Waals surface area contributed by atoms with Crippen LogP contribution in [0.2, 0.25) is 9.36 Å². The summed E-state index contributed by atoms with van der Waals surface area (Å²) in [5, 5.41) is 3.21. The quantitative estimate of drug-likeness (QED) is 0.669. The molecule has 3 aromatic rings. The van der Waals surface area contributed by atoms with Gasteiger partial charge in [-0.2, -0.15) is 0 Å². The van der Waals surface area contributed by atoms with E-state index in [-0.39, 0.29) is 11.8 Å². The van der Waals surface area contributed by atoms with Gasteiger partial charge in [-0.15, -0.1) is 11.3 Å². The van der Waals surface area contributed by atoms with Crippen molar-refractivity contribution >= 4 is 56.6 Å². The first-order valence-electron chi connectivity index (χ1n) is 7.89. The first-order chi connectivity index (χ1) is 12.4. The Balaban J connectivity index is 1.82. The maximum atomic E-state index is 12.7. The lowest BCUT2D eigenvalue weighted by Crippen LogP contribution is -2.47. The number of aromatic nitrogens is 1. The zero-order valence-electron chi connectivity index (χ0n) is 14.2. The van der Waals surface area contributed by atoms with Crippen molar-refractivity contribution in [2.75, 3.05) is 14.1 Å². The minimum atomic E-state index is -0.666. The topological polar surface area (TPSA) is 65.2 Å². The molecule has 8 heteroatoms. The lowest BCUT2D eigenvalue weighted by atomic mass is 10.0. The number of carbonyl (C=O) groups excluding carboxylic acids is 2. The Morgan fingerprint density at radius 3 is 2.54 bits per heavy atom. The third kappa shape index (κ3) is 3.87. The number of nitrogens with zero attached hydrogens (tertiary/aromatic N) is 1. The van der Waals surface area contributed by atoms with Crippen LogP contribution in [0.1, 0.15) is 16.1 Å². The van der Waals surface area contributed by atoms with Gasteiger partial charge in [0.1, 0.15) is 16.1 Å². The van der Waals surface area contributed by atoms with Crippen molar-refractivity contribution in [2.45, 2.75) is 12.5 Å². The molecule has 2 N–H and O–H groups in total. The normalized spacial score (nSPS) is 12.2. The molecule has 0 spiro atoms. The molecule has 1 atom stereocenters. The zero-order chi connectivity index (χ0) is 18.8. The highest BCUT2D eigenvalue weighted by Gasteiger charge is 2.24. The molecule has 1 aromatic carbocycles. The Hall–Kier alpha value is -2.02. The van der Waals surface area contributed by atoms with E-state index < -0.39 is 6.04 Å². The molecule has 1 unspecified atom stereocenters. The van der Waals surface area contributed by atoms with Gasteiger partial charge in [-0.05, 0) is 11.6 Å². The van der Waals surface area contributed by atoms with E-state index in [1.54, 1.807) is 20.2 Å². The molecular formula is C18H17Cl2N3O2S. The Kier molecular flexibility index (Phi) is 5.55. The fourth-order valence-electron chi connectivity index (χ4n) is 2.64. The second-order valence-electron chi connectivity index (χ2n) is 6.06. The molecule has 0 saturated carbocycles. The number of amides is 2. The van der Waals surface area contributed by atoms with Gasteiger partial charge in [-0.1, -0.05) is 53.5 Å². The van der Waals surface area contributed by atoms with Gasteiger partial charge in [0, 0.05) is 20.5 Å². The highest BCUT2D eigenvalue weighted by atomic mass is 35.5. The molecule has 0 bridgehead atoms. The number of thiophene rings is 1. The summed E-state index contributed by atoms with van der Waals surface area (Å²) in [5.74, 6) is -0.534. The number of nitrogens with one attached hydrogen (secondary N) is 2. The van der Waals surface area contributed by atoms with Crippen LogP contribution in [-0.4, -0.2) is 41.8 Å². The SMILES string of the molecule is CN(C)C(=O)C(Cc1ccccc1)NC(=O)c1cc2sc(Cl)c(Cl)c2[nH]1. The van der Waals surface area contributed by atoms with Crippen LogP contribution in [0.15, 0.2) is 36.4 Å². The van der Waals surface area contributed by atoms with Crippen LogP contribution in [0, 0.1) is 0 Å². The van der Waals surface area contributed by atoms with Crippen LogP contribution >= 0.6 is 34.5 Å². The first-order valence-corrected chi connectivity index (χ1v) is 9.46. The van der Waals surface area contributed by atoms with Gasteiger partial charge in [0.15, 0.2) is 0 Å². The molecule has 2 heterocycles. The fraction of sp³-hybridized carbons (Fsp3) is 0.222. The highest BCUT2D eigenvalue weighted by molar-refractivity contribution is 7.23. The summed E-state index contributed by atoms with van der Waals surface area (Å²) in [7, 11) is 3.33. The smallest absolute Gasteiger partial charge is 0.268 e. The highest BCUT2D eigenvalue weighted by Crippen LogP contribution is 2.38. The van der Waals surface area contributed by atoms with Crippen molar-refractivity contribution < 1.29 is 9.59 Å². The number of benzene rings is 1. The largest absolute Gasteiger partial charge is 0.349 e. The third-order valence-corrected chi connectivity index (χ3v) is 5.88. The second kappa shape index (κ2) is 7.70. The summed E-state index contributed by atoms with van der Waals surface area (Å²) in [4.78, 5) is 29.6. The van der Waals surface area contributed by atoms with Gasteiger partial charge in [0.2, 0.25) is 5.91 Å². The van der Waals surface area contributed by atoms with Crippen molar-refractivity contribution in [2.24, 2.45) is 0 Å². The number of rotatable bonds is 5. The average Bonchev–Trinajstić information content (AvgIpc) is 3.14. The summed E-state index contributed by atoms with van der Waals surface area (Å²) in [6, 6.07) is 10.6. The number of halogens is 2. The number of aromatic amines is 1. The maximum Gasteiger partial charge on any atom is 0.268 e. The van der Waals surface area contributed by atoms with Gasteiger partial charge in [0.05, 0.1) is 15.2 Å². The molecule has 0 fully saturated rings. The van der Waals surface area contributed by atoms with Gasteiger partial charge < -0.3 is 15.2 Å². The minimum absolute atomic E-state index is 0.170. The Labute approximate surface area is 164 Å². The average molecular weight is 410 g/mol. The Bertz CT molecular complexity index is 950. The summed E-state index contributed by atoms with van der Waals surface area (Å²) in [6.45, 7) is 0. The monoisotopic (exact) mass is 409 g/mol. The number of hydrogen-bond donors (Lipinski definition) is 2. The first kappa shape index (κ1) is 18.8. The Morgan fingerprint density at radius 1 is 1.23 bits per heavy atom. The van der Waals surface area contributed by atoms with E-state index in [1.807, 2.05) is 30.3 Å². The maximum absolute atomic E-state index is 12.7. The molecule has 0 aliphatic rings. The van der Waals surface area contributed by atoms with Crippen molar-refractivity contribution in [1.29, 1.82) is 0 Å². The van der Waals surface area contributed by atoms with Crippen LogP contribution in [0.5, 0.6) is 0 Å². The third-order valence-electron chi connectivity index (χ3n) is 3.94. The van der Waals surface area contributed by atoms with E-state index >= 15 is 0 Å². The molecule has 26 heavy (non-hydrogen) atoms. The van der Waals surface area contributed by atoms with Crippen molar-refractivity contribution in [3.05, 3.63) is 57.0 Å². The molecule has 5 nitrogen and oxygen atoms in total. The predicted octanol–water partition coefficient (Wildman–Crippen LogP) is 3.97. The number of carbonyl (C=O) groups is 2. The number of fused-ring (bicyclic) bond motifs is 1. The van der Waals surface area contributed by atoms with Gasteiger partial charge >= 0.3 is 0 Å². The molecule has 0 aliphatic heterocycles. The molecule has 0 aliphatic carbocycles. The van der Waals surface area contributed by atoms with Crippen molar-refractivity contribution in [1.82, 2.24) is 15.2 Å². The lowest BCUT2D eigenvalue weighted by Gasteiger charge is -2.21. The van der Waals surface area contributed by atoms with Crippen LogP contribution in [0.25, 0.3) is 10.2 Å². The zero-order valence-corrected chi connectivity index (χ0v) is 16.5. The molecular weight excluding hydrogens is 393 g/mol. The van der Waals surface area contributed by atoms with E-state index in [9.17, 15) is 9.59 Å². The molecule has 0 radical (unpaired) electrons. The van der Waals surface area contributed by atoms with E-state index in [4.69, 9.17) is 23.2 Å². The second-order valence-corrected chi connectivity index (χ2v) is 8.09. The minimum Gasteiger partial charge on any atom is -0.349 e. The van der Waals surface area contributed by atoms with E-state index in [1.165, 1.54) is 16.2 Å². The predicted molar refractivity (Wildman–Crippen MR) is 106 cm³/mol. The summed E-state index contributed by atoms with van der Waals surface area (Å²) in [6.07, 6.45) is 0.408. The van der Waals surface area contributed by atoms with E-state index in [0.29, 0.717) is 27.0 Å². The van der Waals surface area contributed by atoms with E-state index in [0.717, 1.165) is 10.3 Å². The van der Waals surface area contributed by atoms with Gasteiger partial charge in [-0.25, -0.2) is 0 Å². The molecule has 0 saturated heterocycles. The number of H-pyrrole nitrogens is 1. The van der Waals surface area contributed by atoms with Gasteiger partial charge in [0.25, 0.3) is 5.91 Å². The summed E-state index contributed by atoms with van der Waals surface area (Å²) < 4.78 is 1.27. The lowest BCUT2D eigenvalue weighted by molar-refractivity contribution is -0.130. The standard InChI is InChI=1S/C18H17Cl2N3O2S/c1-23(2)18(25)12(8-10-6-4-3-5-7-10)22-17(24)11-9-13-15(21-11)14(19)16(20)26-13/h3-7,9,12,21H,8H2,1-2H3,(H,22,24). The Morgan fingerprint density at radius 2 is 1.92 bits per heavy atom. The van der Waals surface area contributed by atoms with Crippen LogP contribution < -0.4 is 5.32 Å². The molecule has 136 valence electrons. The summed E-state index contributed by atoms with van der Waals surface area (Å²) in [5.41, 5.74) is 1.94. The molecule has 2 amide bonds. The van der Waals surface area contributed by atoms with Crippen LogP contribution in [-0.2, 0) is 11.2 Å². The van der Waals surface area contributed by atoms with Crippen LogP contribution in [0.4, 0.5) is 0 Å². The van der Waals surface area contributed by atoms with E-state index in [2.05, 4.69) is 10.3 Å². The van der Waals surface area contributed by atoms with Gasteiger partial charge in [-0.3, -0.25) is 9.59 Å². The number of likely N-dealkylation sites (N-methyl/N-ethyl adjacent to an activating group) is 1. The van der Waals surface area contributed by atoms with Crippen LogP contribution in [0.3, 0.4) is 0 Å². The fourth-order valence-corrected chi connectivity index (χ4v) is 4.12. The van der Waals surface area contributed by atoms with Crippen molar-refractivity contribution in [3.63, 3.8) is 0 Å². The van der Waals surface area contributed by atoms with Crippen molar-refractivity contribution in [3.8, 4) is 0 Å². The molecule has 3 rings (SSSR count). The summed E-state index contributed by atoms with van der Waals surface area (Å²) >= 11 is 13.4.